The first-order valence-corrected chi connectivity index (χ1v) is 8.09. The van der Waals surface area contributed by atoms with E-state index < -0.39 is 17.2 Å². The fourth-order valence-corrected chi connectivity index (χ4v) is 2.66. The summed E-state index contributed by atoms with van der Waals surface area (Å²) in [6.07, 6.45) is 1.46. The summed E-state index contributed by atoms with van der Waals surface area (Å²) in [5.41, 5.74) is 2.01. The Kier molecular flexibility index (Phi) is 5.93. The molecule has 1 N–H and O–H groups in total. The molecule has 1 heterocycles. The van der Waals surface area contributed by atoms with E-state index in [1.807, 2.05) is 0 Å². The standard InChI is InChI=1S/C14H14ClN5O3S/c1-19-13(22)12(18-20(2)14(19)23)24-8-11(21)17-16-7-9-4-3-5-10(15)6-9/h3-7H,8H2,1-2H3,(H,17,21)/b16-7-. The number of hydrogen-bond acceptors (Lipinski definition) is 6. The van der Waals surface area contributed by atoms with Gasteiger partial charge in [-0.25, -0.2) is 14.9 Å². The highest BCUT2D eigenvalue weighted by Gasteiger charge is 2.11. The van der Waals surface area contributed by atoms with E-state index in [1.54, 1.807) is 24.3 Å². The van der Waals surface area contributed by atoms with Crippen LogP contribution in [0.3, 0.4) is 0 Å². The Morgan fingerprint density at radius 3 is 2.88 bits per heavy atom. The van der Waals surface area contributed by atoms with Crippen LogP contribution in [0.4, 0.5) is 0 Å². The van der Waals surface area contributed by atoms with E-state index in [0.717, 1.165) is 26.6 Å². The van der Waals surface area contributed by atoms with Gasteiger partial charge >= 0.3 is 5.69 Å². The maximum atomic E-state index is 11.9. The quantitative estimate of drug-likeness (QED) is 0.468. The number of carbonyl (C=O) groups is 1. The topological polar surface area (TPSA) is 98.3 Å². The lowest BCUT2D eigenvalue weighted by atomic mass is 10.2. The molecule has 1 aromatic heterocycles. The fourth-order valence-electron chi connectivity index (χ4n) is 1.69. The molecule has 0 spiro atoms. The molecule has 1 amide bonds. The summed E-state index contributed by atoms with van der Waals surface area (Å²) in [6, 6.07) is 6.98. The third kappa shape index (κ3) is 4.56. The molecule has 0 fully saturated rings. The Hall–Kier alpha value is -2.39. The van der Waals surface area contributed by atoms with E-state index in [4.69, 9.17) is 11.6 Å². The summed E-state index contributed by atoms with van der Waals surface area (Å²) in [4.78, 5) is 35.1. The molecule has 2 aromatic rings. The van der Waals surface area contributed by atoms with Crippen LogP contribution in [0.2, 0.25) is 5.02 Å². The van der Waals surface area contributed by atoms with Gasteiger partial charge in [-0.15, -0.1) is 0 Å². The van der Waals surface area contributed by atoms with Gasteiger partial charge in [0.1, 0.15) is 0 Å². The Bertz CT molecular complexity index is 906. The summed E-state index contributed by atoms with van der Waals surface area (Å²) in [7, 11) is 2.78. The molecule has 24 heavy (non-hydrogen) atoms. The Morgan fingerprint density at radius 1 is 1.42 bits per heavy atom. The zero-order valence-electron chi connectivity index (χ0n) is 12.9. The molecule has 0 bridgehead atoms. The van der Waals surface area contributed by atoms with E-state index in [2.05, 4.69) is 15.6 Å². The second-order valence-corrected chi connectivity index (χ2v) is 6.11. The summed E-state index contributed by atoms with van der Waals surface area (Å²) >= 11 is 6.77. The average Bonchev–Trinajstić information content (AvgIpc) is 2.55. The van der Waals surface area contributed by atoms with Crippen molar-refractivity contribution in [1.82, 2.24) is 19.8 Å². The van der Waals surface area contributed by atoms with Gasteiger partial charge in [0.15, 0.2) is 5.03 Å². The van der Waals surface area contributed by atoms with E-state index in [1.165, 1.54) is 20.3 Å². The third-order valence-electron chi connectivity index (χ3n) is 2.88. The zero-order valence-corrected chi connectivity index (χ0v) is 14.5. The van der Waals surface area contributed by atoms with Gasteiger partial charge in [0.05, 0.1) is 12.0 Å². The van der Waals surface area contributed by atoms with Crippen LogP contribution in [0, 0.1) is 0 Å². The number of aryl methyl sites for hydroxylation is 1. The van der Waals surface area contributed by atoms with Crippen molar-refractivity contribution in [3.8, 4) is 0 Å². The molecule has 2 rings (SSSR count). The van der Waals surface area contributed by atoms with Crippen molar-refractivity contribution in [2.75, 3.05) is 5.75 Å². The number of hydrazone groups is 1. The van der Waals surface area contributed by atoms with Crippen LogP contribution in [0.5, 0.6) is 0 Å². The number of thioether (sulfide) groups is 1. The van der Waals surface area contributed by atoms with E-state index in [0.29, 0.717) is 5.02 Å². The number of nitrogens with zero attached hydrogens (tertiary/aromatic N) is 4. The van der Waals surface area contributed by atoms with Crippen molar-refractivity contribution in [1.29, 1.82) is 0 Å². The second kappa shape index (κ2) is 7.93. The number of hydrogen-bond donors (Lipinski definition) is 1. The maximum absolute atomic E-state index is 11.9. The van der Waals surface area contributed by atoms with E-state index >= 15 is 0 Å². The van der Waals surface area contributed by atoms with Crippen molar-refractivity contribution < 1.29 is 4.79 Å². The van der Waals surface area contributed by atoms with Crippen LogP contribution in [0.1, 0.15) is 5.56 Å². The van der Waals surface area contributed by atoms with Crippen LogP contribution in [0.25, 0.3) is 0 Å². The van der Waals surface area contributed by atoms with Gasteiger partial charge < -0.3 is 0 Å². The van der Waals surface area contributed by atoms with Crippen molar-refractivity contribution in [2.24, 2.45) is 19.2 Å². The molecule has 8 nitrogen and oxygen atoms in total. The predicted molar refractivity (Wildman–Crippen MR) is 92.6 cm³/mol. The van der Waals surface area contributed by atoms with Crippen LogP contribution < -0.4 is 16.7 Å². The van der Waals surface area contributed by atoms with Gasteiger partial charge in [0.25, 0.3) is 5.56 Å². The molecular formula is C14H14ClN5O3S. The lowest BCUT2D eigenvalue weighted by Gasteiger charge is -2.04. The monoisotopic (exact) mass is 367 g/mol. The van der Waals surface area contributed by atoms with Gasteiger partial charge in [-0.2, -0.15) is 10.2 Å². The summed E-state index contributed by atoms with van der Waals surface area (Å²) in [5.74, 6) is -0.469. The molecule has 0 atom stereocenters. The molecule has 0 aliphatic rings. The smallest absolute Gasteiger partial charge is 0.272 e. The molecule has 0 saturated heterocycles. The lowest BCUT2D eigenvalue weighted by Crippen LogP contribution is -2.39. The highest BCUT2D eigenvalue weighted by Crippen LogP contribution is 2.09. The van der Waals surface area contributed by atoms with Crippen molar-refractivity contribution in [3.63, 3.8) is 0 Å². The molecule has 0 radical (unpaired) electrons. The molecule has 1 aromatic carbocycles. The molecule has 0 aliphatic heterocycles. The minimum atomic E-state index is -0.543. The van der Waals surface area contributed by atoms with Crippen molar-refractivity contribution in [3.05, 3.63) is 55.7 Å². The molecular weight excluding hydrogens is 354 g/mol. The Balaban J connectivity index is 1.95. The van der Waals surface area contributed by atoms with Crippen LogP contribution in [0.15, 0.2) is 44.0 Å². The van der Waals surface area contributed by atoms with Gasteiger partial charge in [0, 0.05) is 19.1 Å². The first-order chi connectivity index (χ1) is 11.4. The second-order valence-electron chi connectivity index (χ2n) is 4.71. The highest BCUT2D eigenvalue weighted by molar-refractivity contribution is 7.99. The SMILES string of the molecule is Cn1nc(SCC(=O)N/N=C\c2cccc(Cl)c2)c(=O)n(C)c1=O. The molecule has 126 valence electrons. The number of nitrogens with one attached hydrogen (secondary N) is 1. The maximum Gasteiger partial charge on any atom is 0.346 e. The van der Waals surface area contributed by atoms with Gasteiger partial charge in [-0.3, -0.25) is 14.2 Å². The van der Waals surface area contributed by atoms with Crippen LogP contribution >= 0.6 is 23.4 Å². The normalized spacial score (nSPS) is 11.0. The summed E-state index contributed by atoms with van der Waals surface area (Å²) < 4.78 is 1.98. The zero-order chi connectivity index (χ0) is 17.7. The average molecular weight is 368 g/mol. The minimum Gasteiger partial charge on any atom is -0.272 e. The summed E-state index contributed by atoms with van der Waals surface area (Å²) in [5, 5.41) is 8.29. The van der Waals surface area contributed by atoms with Crippen LogP contribution in [-0.2, 0) is 18.9 Å². The molecule has 0 saturated carbocycles. The number of amides is 1. The number of benzene rings is 1. The predicted octanol–water partition coefficient (Wildman–Crippen LogP) is 0.375. The molecule has 10 heteroatoms. The van der Waals surface area contributed by atoms with Gasteiger partial charge in [-0.05, 0) is 17.7 Å². The number of aromatic nitrogens is 3. The van der Waals surface area contributed by atoms with Crippen molar-refractivity contribution >= 4 is 35.5 Å². The van der Waals surface area contributed by atoms with E-state index in [9.17, 15) is 14.4 Å². The number of halogens is 1. The minimum absolute atomic E-state index is 0.0622. The number of carbonyl (C=O) groups excluding carboxylic acids is 1. The van der Waals surface area contributed by atoms with E-state index in [-0.39, 0.29) is 10.8 Å². The largest absolute Gasteiger partial charge is 0.346 e. The van der Waals surface area contributed by atoms with Gasteiger partial charge in [-0.1, -0.05) is 35.5 Å². The Labute approximate surface area is 146 Å². The first-order valence-electron chi connectivity index (χ1n) is 6.73. The van der Waals surface area contributed by atoms with Crippen LogP contribution in [-0.4, -0.2) is 32.2 Å². The third-order valence-corrected chi connectivity index (χ3v) is 4.06. The Morgan fingerprint density at radius 2 is 2.17 bits per heavy atom. The van der Waals surface area contributed by atoms with Gasteiger partial charge in [0.2, 0.25) is 5.91 Å². The fraction of sp³-hybridized carbons (Fsp3) is 0.214. The lowest BCUT2D eigenvalue weighted by molar-refractivity contribution is -0.118. The number of rotatable bonds is 5. The molecule has 0 aliphatic carbocycles. The summed E-state index contributed by atoms with van der Waals surface area (Å²) in [6.45, 7) is 0. The highest BCUT2D eigenvalue weighted by atomic mass is 35.5. The first kappa shape index (κ1) is 18.0. The van der Waals surface area contributed by atoms with Crippen molar-refractivity contribution in [2.45, 2.75) is 5.03 Å². The molecule has 0 unspecified atom stereocenters.